The lowest BCUT2D eigenvalue weighted by atomic mass is 10.0. The van der Waals surface area contributed by atoms with E-state index in [0.29, 0.717) is 5.82 Å². The minimum absolute atomic E-state index is 0.522. The molecular formula is C24H26N6. The molecular weight excluding hydrogens is 372 g/mol. The summed E-state index contributed by atoms with van der Waals surface area (Å²) < 4.78 is 0. The van der Waals surface area contributed by atoms with E-state index in [2.05, 4.69) is 62.1 Å². The fraction of sp³-hybridized carbons (Fsp3) is 0.250. The Morgan fingerprint density at radius 1 is 0.900 bits per heavy atom. The number of anilines is 1. The van der Waals surface area contributed by atoms with Crippen molar-refractivity contribution in [2.45, 2.75) is 6.54 Å². The van der Waals surface area contributed by atoms with Gasteiger partial charge in [0.15, 0.2) is 0 Å². The van der Waals surface area contributed by atoms with E-state index in [1.165, 1.54) is 11.1 Å². The van der Waals surface area contributed by atoms with Gasteiger partial charge in [-0.05, 0) is 36.4 Å². The number of likely N-dealkylation sites (N-methyl/N-ethyl adjacent to an activating group) is 1. The molecule has 6 nitrogen and oxygen atoms in total. The van der Waals surface area contributed by atoms with Gasteiger partial charge in [-0.1, -0.05) is 24.3 Å². The molecule has 30 heavy (non-hydrogen) atoms. The third kappa shape index (κ3) is 3.79. The van der Waals surface area contributed by atoms with Crippen molar-refractivity contribution in [3.63, 3.8) is 0 Å². The number of nitrogens with one attached hydrogen (secondary N) is 1. The van der Waals surface area contributed by atoms with Crippen molar-refractivity contribution in [1.82, 2.24) is 24.8 Å². The van der Waals surface area contributed by atoms with Gasteiger partial charge in [0.25, 0.3) is 0 Å². The number of pyridine rings is 2. The van der Waals surface area contributed by atoms with Gasteiger partial charge in [-0.25, -0.2) is 9.97 Å². The van der Waals surface area contributed by atoms with Crippen LogP contribution in [0.4, 0.5) is 5.82 Å². The summed E-state index contributed by atoms with van der Waals surface area (Å²) in [7, 11) is 2.19. The average Bonchev–Trinajstić information content (AvgIpc) is 3.20. The molecule has 1 aliphatic heterocycles. The molecule has 3 aromatic heterocycles. The third-order valence-corrected chi connectivity index (χ3v) is 5.92. The molecule has 5 rings (SSSR count). The van der Waals surface area contributed by atoms with Gasteiger partial charge < -0.3 is 15.6 Å². The fourth-order valence-corrected chi connectivity index (χ4v) is 4.03. The number of aromatic amines is 1. The number of hydrogen-bond donors (Lipinski definition) is 2. The summed E-state index contributed by atoms with van der Waals surface area (Å²) in [4.78, 5) is 17.0. The Morgan fingerprint density at radius 3 is 2.37 bits per heavy atom. The molecule has 0 unspecified atom stereocenters. The Kier molecular flexibility index (Phi) is 4.94. The van der Waals surface area contributed by atoms with Crippen LogP contribution in [-0.2, 0) is 6.54 Å². The monoisotopic (exact) mass is 398 g/mol. The van der Waals surface area contributed by atoms with Gasteiger partial charge in [-0.3, -0.25) is 4.90 Å². The van der Waals surface area contributed by atoms with Crippen molar-refractivity contribution in [1.29, 1.82) is 0 Å². The molecule has 4 heterocycles. The van der Waals surface area contributed by atoms with E-state index in [9.17, 15) is 0 Å². The van der Waals surface area contributed by atoms with E-state index in [1.54, 1.807) is 6.20 Å². The normalized spacial score (nSPS) is 15.6. The highest BCUT2D eigenvalue weighted by molar-refractivity contribution is 5.95. The van der Waals surface area contributed by atoms with Gasteiger partial charge >= 0.3 is 0 Å². The highest BCUT2D eigenvalue weighted by atomic mass is 15.2. The number of fused-ring (bicyclic) bond motifs is 1. The lowest BCUT2D eigenvalue weighted by Gasteiger charge is -2.32. The Labute approximate surface area is 176 Å². The van der Waals surface area contributed by atoms with Crippen LogP contribution in [0.15, 0.2) is 61.1 Å². The maximum atomic E-state index is 5.73. The largest absolute Gasteiger partial charge is 0.384 e. The summed E-state index contributed by atoms with van der Waals surface area (Å²) >= 11 is 0. The second-order valence-corrected chi connectivity index (χ2v) is 8.07. The first kappa shape index (κ1) is 18.8. The summed E-state index contributed by atoms with van der Waals surface area (Å²) in [6.07, 6.45) is 5.71. The molecule has 1 aliphatic rings. The van der Waals surface area contributed by atoms with E-state index < -0.39 is 0 Å². The van der Waals surface area contributed by atoms with Gasteiger partial charge in [0.1, 0.15) is 11.5 Å². The first-order chi connectivity index (χ1) is 14.7. The summed E-state index contributed by atoms with van der Waals surface area (Å²) in [6.45, 7) is 5.57. The standard InChI is InChI=1S/C24H26N6/c1-29-8-10-30(11-9-29)16-17-2-4-18(5-3-17)20-12-21-22(15-28-24(21)27-14-20)19-6-7-23(25)26-13-19/h2-7,12-15H,8-11,16H2,1H3,(H2,25,26)(H,27,28). The van der Waals surface area contributed by atoms with Crippen LogP contribution in [0.25, 0.3) is 33.3 Å². The zero-order valence-electron chi connectivity index (χ0n) is 17.2. The number of piperazine rings is 1. The summed E-state index contributed by atoms with van der Waals surface area (Å²) in [5, 5.41) is 1.08. The first-order valence-electron chi connectivity index (χ1n) is 10.3. The van der Waals surface area contributed by atoms with Crippen molar-refractivity contribution in [2.75, 3.05) is 39.0 Å². The average molecular weight is 399 g/mol. The molecule has 0 atom stereocenters. The Balaban J connectivity index is 1.39. The zero-order chi connectivity index (χ0) is 20.5. The van der Waals surface area contributed by atoms with Crippen LogP contribution in [0.3, 0.4) is 0 Å². The smallest absolute Gasteiger partial charge is 0.137 e. The molecule has 0 radical (unpaired) electrons. The molecule has 0 amide bonds. The second-order valence-electron chi connectivity index (χ2n) is 8.07. The van der Waals surface area contributed by atoms with Gasteiger partial charge in [-0.15, -0.1) is 0 Å². The zero-order valence-corrected chi connectivity index (χ0v) is 17.2. The Hall–Kier alpha value is -3.22. The number of nitrogens with zero attached hydrogens (tertiary/aromatic N) is 4. The summed E-state index contributed by atoms with van der Waals surface area (Å²) in [5.74, 6) is 0.522. The number of benzene rings is 1. The molecule has 0 saturated carbocycles. The van der Waals surface area contributed by atoms with Crippen molar-refractivity contribution < 1.29 is 0 Å². The van der Waals surface area contributed by atoms with Crippen molar-refractivity contribution in [3.8, 4) is 22.3 Å². The minimum Gasteiger partial charge on any atom is -0.384 e. The third-order valence-electron chi connectivity index (χ3n) is 5.92. The van der Waals surface area contributed by atoms with Crippen molar-refractivity contribution in [2.24, 2.45) is 0 Å². The van der Waals surface area contributed by atoms with Crippen LogP contribution >= 0.6 is 0 Å². The minimum atomic E-state index is 0.522. The maximum Gasteiger partial charge on any atom is 0.137 e. The van der Waals surface area contributed by atoms with E-state index in [1.807, 2.05) is 24.5 Å². The van der Waals surface area contributed by atoms with Gasteiger partial charge in [0.05, 0.1) is 0 Å². The molecule has 0 bridgehead atoms. The lowest BCUT2D eigenvalue weighted by molar-refractivity contribution is 0.148. The quantitative estimate of drug-likeness (QED) is 0.549. The van der Waals surface area contributed by atoms with Gasteiger partial charge in [-0.2, -0.15) is 0 Å². The number of H-pyrrole nitrogens is 1. The SMILES string of the molecule is CN1CCN(Cc2ccc(-c3cnc4[nH]cc(-c5ccc(N)nc5)c4c3)cc2)CC1. The molecule has 0 spiro atoms. The molecule has 0 aliphatic carbocycles. The summed E-state index contributed by atoms with van der Waals surface area (Å²) in [5.41, 5.74) is 12.4. The van der Waals surface area contributed by atoms with Crippen LogP contribution < -0.4 is 5.73 Å². The van der Waals surface area contributed by atoms with Crippen LogP contribution in [0.5, 0.6) is 0 Å². The summed E-state index contributed by atoms with van der Waals surface area (Å²) in [6, 6.07) is 14.9. The van der Waals surface area contributed by atoms with Crippen molar-refractivity contribution in [3.05, 3.63) is 66.6 Å². The number of nitrogens with two attached hydrogens (primary N) is 1. The Morgan fingerprint density at radius 2 is 1.63 bits per heavy atom. The van der Waals surface area contributed by atoms with E-state index in [-0.39, 0.29) is 0 Å². The number of hydrogen-bond acceptors (Lipinski definition) is 5. The van der Waals surface area contributed by atoms with E-state index >= 15 is 0 Å². The van der Waals surface area contributed by atoms with E-state index in [4.69, 9.17) is 5.73 Å². The molecule has 1 fully saturated rings. The van der Waals surface area contributed by atoms with Gasteiger partial charge in [0.2, 0.25) is 0 Å². The molecule has 3 N–H and O–H groups in total. The van der Waals surface area contributed by atoms with Crippen LogP contribution in [-0.4, -0.2) is 58.0 Å². The predicted octanol–water partition coefficient (Wildman–Crippen LogP) is 3.62. The lowest BCUT2D eigenvalue weighted by Crippen LogP contribution is -2.43. The number of aromatic nitrogens is 3. The topological polar surface area (TPSA) is 74.1 Å². The predicted molar refractivity (Wildman–Crippen MR) is 122 cm³/mol. The maximum absolute atomic E-state index is 5.73. The van der Waals surface area contributed by atoms with Crippen molar-refractivity contribution >= 4 is 16.9 Å². The molecule has 152 valence electrons. The fourth-order valence-electron chi connectivity index (χ4n) is 4.03. The molecule has 1 saturated heterocycles. The van der Waals surface area contributed by atoms with Crippen LogP contribution in [0, 0.1) is 0 Å². The Bertz CT molecular complexity index is 1140. The molecule has 6 heteroatoms. The van der Waals surface area contributed by atoms with Crippen LogP contribution in [0.2, 0.25) is 0 Å². The number of rotatable bonds is 4. The van der Waals surface area contributed by atoms with E-state index in [0.717, 1.165) is 60.4 Å². The highest BCUT2D eigenvalue weighted by Gasteiger charge is 2.14. The van der Waals surface area contributed by atoms with Gasteiger partial charge in [0, 0.05) is 73.4 Å². The second kappa shape index (κ2) is 7.89. The first-order valence-corrected chi connectivity index (χ1v) is 10.3. The molecule has 4 aromatic rings. The number of nitrogen functional groups attached to an aromatic ring is 1. The van der Waals surface area contributed by atoms with Crippen LogP contribution in [0.1, 0.15) is 5.56 Å². The highest BCUT2D eigenvalue weighted by Crippen LogP contribution is 2.31. The molecule has 1 aromatic carbocycles.